The lowest BCUT2D eigenvalue weighted by molar-refractivity contribution is -0.385. The molecular formula is C12H16ClN3O4. The highest BCUT2D eigenvalue weighted by Crippen LogP contribution is 2.25. The Bertz CT molecular complexity index is 497. The van der Waals surface area contributed by atoms with Crippen molar-refractivity contribution in [2.24, 2.45) is 5.73 Å². The van der Waals surface area contributed by atoms with Crippen LogP contribution in [0.3, 0.4) is 0 Å². The highest BCUT2D eigenvalue weighted by Gasteiger charge is 2.24. The molecule has 1 amide bonds. The molecule has 2 N–H and O–H groups in total. The summed E-state index contributed by atoms with van der Waals surface area (Å²) in [7, 11) is 0. The van der Waals surface area contributed by atoms with Crippen molar-refractivity contribution in [3.63, 3.8) is 0 Å². The Balaban J connectivity index is 0.00000200. The van der Waals surface area contributed by atoms with E-state index in [4.69, 9.17) is 10.5 Å². The van der Waals surface area contributed by atoms with E-state index in [1.807, 2.05) is 0 Å². The third kappa shape index (κ3) is 3.82. The fraction of sp³-hybridized carbons (Fsp3) is 0.417. The van der Waals surface area contributed by atoms with Crippen LogP contribution in [0.2, 0.25) is 0 Å². The molecule has 0 saturated carbocycles. The minimum absolute atomic E-state index is 0. The monoisotopic (exact) mass is 301 g/mol. The van der Waals surface area contributed by atoms with Crippen molar-refractivity contribution < 1.29 is 14.5 Å². The zero-order valence-electron chi connectivity index (χ0n) is 10.7. The molecule has 1 saturated heterocycles. The molecule has 20 heavy (non-hydrogen) atoms. The summed E-state index contributed by atoms with van der Waals surface area (Å²) >= 11 is 0. The lowest BCUT2D eigenvalue weighted by Crippen LogP contribution is -2.35. The summed E-state index contributed by atoms with van der Waals surface area (Å²) < 4.78 is 5.23. The van der Waals surface area contributed by atoms with Crippen LogP contribution in [0.5, 0.6) is 5.75 Å². The topological polar surface area (TPSA) is 98.7 Å². The first-order valence-electron chi connectivity index (χ1n) is 5.97. The van der Waals surface area contributed by atoms with E-state index in [1.54, 1.807) is 17.0 Å². The van der Waals surface area contributed by atoms with Gasteiger partial charge in [0.2, 0.25) is 0 Å². The van der Waals surface area contributed by atoms with Gasteiger partial charge in [0.15, 0.2) is 12.4 Å². The molecule has 1 aromatic rings. The van der Waals surface area contributed by atoms with E-state index >= 15 is 0 Å². The molecule has 0 bridgehead atoms. The van der Waals surface area contributed by atoms with Gasteiger partial charge in [-0.1, -0.05) is 12.1 Å². The van der Waals surface area contributed by atoms with Gasteiger partial charge in [-0.3, -0.25) is 14.9 Å². The second-order valence-corrected chi connectivity index (χ2v) is 4.40. The van der Waals surface area contributed by atoms with Gasteiger partial charge in [-0.25, -0.2) is 0 Å². The Morgan fingerprint density at radius 1 is 1.50 bits per heavy atom. The van der Waals surface area contributed by atoms with Crippen LogP contribution in [0.4, 0.5) is 5.69 Å². The Morgan fingerprint density at radius 2 is 2.20 bits per heavy atom. The van der Waals surface area contributed by atoms with Gasteiger partial charge >= 0.3 is 5.69 Å². The summed E-state index contributed by atoms with van der Waals surface area (Å²) in [5.41, 5.74) is 5.57. The van der Waals surface area contributed by atoms with Gasteiger partial charge in [-0.15, -0.1) is 12.4 Å². The van der Waals surface area contributed by atoms with E-state index in [1.165, 1.54) is 12.1 Å². The minimum atomic E-state index is -0.536. The van der Waals surface area contributed by atoms with Gasteiger partial charge < -0.3 is 15.4 Å². The fourth-order valence-electron chi connectivity index (χ4n) is 1.97. The summed E-state index contributed by atoms with van der Waals surface area (Å²) in [5.74, 6) is -0.101. The van der Waals surface area contributed by atoms with Gasteiger partial charge in [-0.05, 0) is 12.5 Å². The molecule has 1 aliphatic rings. The SMILES string of the molecule is Cl.N[C@@H]1CCN(C(=O)COc2ccccc2[N+](=O)[O-])C1. The van der Waals surface area contributed by atoms with Crippen LogP contribution in [-0.4, -0.2) is 41.5 Å². The molecule has 110 valence electrons. The predicted octanol–water partition coefficient (Wildman–Crippen LogP) is 0.955. The predicted molar refractivity (Wildman–Crippen MR) is 75.0 cm³/mol. The maximum absolute atomic E-state index is 11.8. The zero-order valence-corrected chi connectivity index (χ0v) is 11.5. The summed E-state index contributed by atoms with van der Waals surface area (Å²) in [4.78, 5) is 23.7. The number of para-hydroxylation sites is 2. The number of rotatable bonds is 4. The minimum Gasteiger partial charge on any atom is -0.477 e. The van der Waals surface area contributed by atoms with Crippen LogP contribution in [0.15, 0.2) is 24.3 Å². The van der Waals surface area contributed by atoms with Crippen molar-refractivity contribution in [3.8, 4) is 5.75 Å². The van der Waals surface area contributed by atoms with E-state index in [9.17, 15) is 14.9 Å². The number of ether oxygens (including phenoxy) is 1. The number of nitro benzene ring substituents is 1. The van der Waals surface area contributed by atoms with Gasteiger partial charge in [0.25, 0.3) is 5.91 Å². The molecule has 2 rings (SSSR count). The molecule has 1 aromatic carbocycles. The molecule has 0 aliphatic carbocycles. The first-order chi connectivity index (χ1) is 9.08. The van der Waals surface area contributed by atoms with E-state index in [0.717, 1.165) is 6.42 Å². The zero-order chi connectivity index (χ0) is 13.8. The molecule has 1 fully saturated rings. The number of carbonyl (C=O) groups excluding carboxylic acids is 1. The van der Waals surface area contributed by atoms with Crippen LogP contribution in [0, 0.1) is 10.1 Å². The Morgan fingerprint density at radius 3 is 2.80 bits per heavy atom. The van der Waals surface area contributed by atoms with Crippen molar-refractivity contribution in [3.05, 3.63) is 34.4 Å². The summed E-state index contributed by atoms with van der Waals surface area (Å²) in [6.45, 7) is 0.914. The molecule has 1 heterocycles. The summed E-state index contributed by atoms with van der Waals surface area (Å²) in [6, 6.07) is 5.99. The number of carbonyl (C=O) groups is 1. The number of likely N-dealkylation sites (tertiary alicyclic amines) is 1. The number of nitrogens with zero attached hydrogens (tertiary/aromatic N) is 2. The van der Waals surface area contributed by atoms with Gasteiger partial charge in [0, 0.05) is 25.2 Å². The molecule has 8 heteroatoms. The lowest BCUT2D eigenvalue weighted by Gasteiger charge is -2.15. The van der Waals surface area contributed by atoms with Crippen LogP contribution >= 0.6 is 12.4 Å². The first-order valence-corrected chi connectivity index (χ1v) is 5.97. The molecule has 0 radical (unpaired) electrons. The van der Waals surface area contributed by atoms with Crippen molar-refractivity contribution in [1.29, 1.82) is 0 Å². The van der Waals surface area contributed by atoms with Crippen LogP contribution in [0.1, 0.15) is 6.42 Å². The highest BCUT2D eigenvalue weighted by atomic mass is 35.5. The molecule has 1 atom stereocenters. The molecule has 1 aliphatic heterocycles. The Labute approximate surface area is 122 Å². The van der Waals surface area contributed by atoms with E-state index in [0.29, 0.717) is 13.1 Å². The lowest BCUT2D eigenvalue weighted by atomic mass is 10.3. The number of hydrogen-bond acceptors (Lipinski definition) is 5. The molecule has 7 nitrogen and oxygen atoms in total. The molecule has 0 spiro atoms. The maximum Gasteiger partial charge on any atom is 0.310 e. The number of halogens is 1. The van der Waals surface area contributed by atoms with Crippen LogP contribution in [-0.2, 0) is 4.79 Å². The average Bonchev–Trinajstić information content (AvgIpc) is 2.83. The van der Waals surface area contributed by atoms with Crippen molar-refractivity contribution in [2.45, 2.75) is 12.5 Å². The highest BCUT2D eigenvalue weighted by molar-refractivity contribution is 5.85. The van der Waals surface area contributed by atoms with Gasteiger partial charge in [0.05, 0.1) is 4.92 Å². The number of nitrogens with two attached hydrogens (primary N) is 1. The molecular weight excluding hydrogens is 286 g/mol. The third-order valence-electron chi connectivity index (χ3n) is 2.99. The van der Waals surface area contributed by atoms with Crippen molar-refractivity contribution >= 4 is 24.0 Å². The maximum atomic E-state index is 11.8. The summed E-state index contributed by atoms with van der Waals surface area (Å²) in [6.07, 6.45) is 0.775. The molecule has 0 unspecified atom stereocenters. The Kier molecular flexibility index (Phi) is 5.72. The first kappa shape index (κ1) is 16.2. The second-order valence-electron chi connectivity index (χ2n) is 4.40. The molecule has 0 aromatic heterocycles. The average molecular weight is 302 g/mol. The van der Waals surface area contributed by atoms with E-state index in [-0.39, 0.29) is 42.4 Å². The van der Waals surface area contributed by atoms with Crippen LogP contribution in [0.25, 0.3) is 0 Å². The smallest absolute Gasteiger partial charge is 0.310 e. The second kappa shape index (κ2) is 7.06. The standard InChI is InChI=1S/C12H15N3O4.ClH/c13-9-5-6-14(7-9)12(16)8-19-11-4-2-1-3-10(11)15(17)18;/h1-4,9H,5-8,13H2;1H/t9-;/m1./s1. The quantitative estimate of drug-likeness (QED) is 0.659. The van der Waals surface area contributed by atoms with Crippen LogP contribution < -0.4 is 10.5 Å². The van der Waals surface area contributed by atoms with E-state index in [2.05, 4.69) is 0 Å². The Hall–Kier alpha value is -1.86. The number of amides is 1. The number of benzene rings is 1. The van der Waals surface area contributed by atoms with Gasteiger partial charge in [0.1, 0.15) is 0 Å². The number of hydrogen-bond donors (Lipinski definition) is 1. The largest absolute Gasteiger partial charge is 0.477 e. The summed E-state index contributed by atoms with van der Waals surface area (Å²) in [5, 5.41) is 10.8. The van der Waals surface area contributed by atoms with E-state index < -0.39 is 4.92 Å². The fourth-order valence-corrected chi connectivity index (χ4v) is 1.97. The van der Waals surface area contributed by atoms with Crippen molar-refractivity contribution in [1.82, 2.24) is 4.90 Å². The third-order valence-corrected chi connectivity index (χ3v) is 2.99. The van der Waals surface area contributed by atoms with Gasteiger partial charge in [-0.2, -0.15) is 0 Å². The van der Waals surface area contributed by atoms with Crippen molar-refractivity contribution in [2.75, 3.05) is 19.7 Å². The normalized spacial score (nSPS) is 17.4. The number of nitro groups is 1.